The van der Waals surface area contributed by atoms with Gasteiger partial charge in [-0.2, -0.15) is 0 Å². The number of benzene rings is 2. The Balaban J connectivity index is 2.05. The van der Waals surface area contributed by atoms with Gasteiger partial charge < -0.3 is 5.32 Å². The molecule has 1 amide bonds. The van der Waals surface area contributed by atoms with Crippen LogP contribution in [0.3, 0.4) is 0 Å². The highest BCUT2D eigenvalue weighted by atomic mass is 79.9. The molecule has 0 bridgehead atoms. The zero-order chi connectivity index (χ0) is 17.7. The van der Waals surface area contributed by atoms with E-state index in [1.165, 1.54) is 0 Å². The van der Waals surface area contributed by atoms with E-state index in [2.05, 4.69) is 21.2 Å². The lowest BCUT2D eigenvalue weighted by atomic mass is 10.2. The molecule has 2 aromatic rings. The van der Waals surface area contributed by atoms with Crippen LogP contribution in [0.2, 0.25) is 5.02 Å². The van der Waals surface area contributed by atoms with Crippen molar-refractivity contribution in [2.75, 3.05) is 17.1 Å². The Morgan fingerprint density at radius 1 is 1.12 bits per heavy atom. The second kappa shape index (κ2) is 8.00. The summed E-state index contributed by atoms with van der Waals surface area (Å²) in [6.45, 7) is 0.0159. The van der Waals surface area contributed by atoms with Crippen LogP contribution >= 0.6 is 27.5 Å². The molecule has 0 aliphatic carbocycles. The van der Waals surface area contributed by atoms with E-state index in [0.717, 1.165) is 20.6 Å². The third kappa shape index (κ3) is 5.51. The lowest BCUT2D eigenvalue weighted by molar-refractivity contribution is -0.119. The Morgan fingerprint density at radius 3 is 2.25 bits per heavy atom. The molecule has 5 nitrogen and oxygen atoms in total. The highest BCUT2D eigenvalue weighted by molar-refractivity contribution is 9.10. The molecule has 0 heterocycles. The van der Waals surface area contributed by atoms with E-state index in [1.807, 2.05) is 0 Å². The lowest BCUT2D eigenvalue weighted by Crippen LogP contribution is -2.40. The zero-order valence-electron chi connectivity index (χ0n) is 12.9. The average molecular weight is 432 g/mol. The van der Waals surface area contributed by atoms with Crippen LogP contribution in [-0.4, -0.2) is 27.1 Å². The van der Waals surface area contributed by atoms with Gasteiger partial charge in [-0.15, -0.1) is 0 Å². The van der Waals surface area contributed by atoms with Gasteiger partial charge in [0.05, 0.1) is 11.9 Å². The second-order valence-electron chi connectivity index (χ2n) is 5.15. The van der Waals surface area contributed by atoms with Crippen LogP contribution in [0.15, 0.2) is 53.0 Å². The first-order valence-corrected chi connectivity index (χ1v) is 10.0. The fourth-order valence-electron chi connectivity index (χ4n) is 2.00. The normalized spacial score (nSPS) is 11.1. The van der Waals surface area contributed by atoms with Gasteiger partial charge >= 0.3 is 0 Å². The first-order valence-electron chi connectivity index (χ1n) is 7.00. The Morgan fingerprint density at radius 2 is 1.71 bits per heavy atom. The molecule has 0 unspecified atom stereocenters. The van der Waals surface area contributed by atoms with Crippen molar-refractivity contribution >= 4 is 49.1 Å². The van der Waals surface area contributed by atoms with Gasteiger partial charge in [-0.1, -0.05) is 39.7 Å². The molecule has 0 saturated carbocycles. The fourth-order valence-corrected chi connectivity index (χ4v) is 3.24. The van der Waals surface area contributed by atoms with E-state index >= 15 is 0 Å². The number of hydrogen-bond donors (Lipinski definition) is 1. The summed E-state index contributed by atoms with van der Waals surface area (Å²) in [7, 11) is -3.57. The molecule has 0 saturated heterocycles. The van der Waals surface area contributed by atoms with Crippen LogP contribution in [0, 0.1) is 0 Å². The van der Waals surface area contributed by atoms with Gasteiger partial charge in [-0.05, 0) is 42.0 Å². The molecule has 1 N–H and O–H groups in total. The van der Waals surface area contributed by atoms with E-state index in [1.54, 1.807) is 48.5 Å². The van der Waals surface area contributed by atoms with Crippen molar-refractivity contribution in [1.82, 2.24) is 5.32 Å². The van der Waals surface area contributed by atoms with Crippen molar-refractivity contribution in [3.8, 4) is 0 Å². The van der Waals surface area contributed by atoms with E-state index in [-0.39, 0.29) is 6.54 Å². The maximum absolute atomic E-state index is 12.1. The van der Waals surface area contributed by atoms with Crippen molar-refractivity contribution in [3.05, 3.63) is 63.6 Å². The van der Waals surface area contributed by atoms with Crippen LogP contribution in [0.5, 0.6) is 0 Å². The minimum Gasteiger partial charge on any atom is -0.350 e. The number of rotatable bonds is 6. The van der Waals surface area contributed by atoms with Gasteiger partial charge in [0.25, 0.3) is 0 Å². The maximum Gasteiger partial charge on any atom is 0.241 e. The summed E-state index contributed by atoms with van der Waals surface area (Å²) >= 11 is 9.10. The largest absolute Gasteiger partial charge is 0.350 e. The summed E-state index contributed by atoms with van der Waals surface area (Å²) in [6, 6.07) is 13.8. The summed E-state index contributed by atoms with van der Waals surface area (Å²) in [5.41, 5.74) is 1.31. The summed E-state index contributed by atoms with van der Waals surface area (Å²) in [5.74, 6) is -0.390. The minimum absolute atomic E-state index is 0.284. The fraction of sp³-hybridized carbons (Fsp3) is 0.188. The van der Waals surface area contributed by atoms with Gasteiger partial charge in [-0.25, -0.2) is 8.42 Å². The maximum atomic E-state index is 12.1. The standard InChI is InChI=1S/C16H16BrClN2O3S/c1-24(22,23)20(15-8-4-13(17)5-9-15)11-16(21)19-10-12-2-6-14(18)7-3-12/h2-9H,10-11H2,1H3,(H,19,21). The van der Waals surface area contributed by atoms with Crippen LogP contribution in [0.25, 0.3) is 0 Å². The Hall–Kier alpha value is -1.57. The first-order chi connectivity index (χ1) is 11.3. The molecule has 2 aromatic carbocycles. The third-order valence-corrected chi connectivity index (χ3v) is 5.13. The Kier molecular flexibility index (Phi) is 6.26. The van der Waals surface area contributed by atoms with Crippen LogP contribution in [-0.2, 0) is 21.4 Å². The number of nitrogens with one attached hydrogen (secondary N) is 1. The van der Waals surface area contributed by atoms with Gasteiger partial charge in [0, 0.05) is 16.0 Å². The van der Waals surface area contributed by atoms with Crippen molar-refractivity contribution in [2.24, 2.45) is 0 Å². The topological polar surface area (TPSA) is 66.5 Å². The Bertz CT molecular complexity index is 808. The number of carbonyl (C=O) groups is 1. The lowest BCUT2D eigenvalue weighted by Gasteiger charge is -2.22. The third-order valence-electron chi connectivity index (χ3n) is 3.21. The number of carbonyl (C=O) groups excluding carboxylic acids is 1. The quantitative estimate of drug-likeness (QED) is 0.764. The van der Waals surface area contributed by atoms with Crippen molar-refractivity contribution in [1.29, 1.82) is 0 Å². The van der Waals surface area contributed by atoms with Crippen LogP contribution < -0.4 is 9.62 Å². The second-order valence-corrected chi connectivity index (χ2v) is 8.41. The summed E-state index contributed by atoms with van der Waals surface area (Å²) in [6.07, 6.45) is 1.07. The van der Waals surface area contributed by atoms with Crippen LogP contribution in [0.1, 0.15) is 5.56 Å². The number of amides is 1. The molecular weight excluding hydrogens is 416 g/mol. The molecule has 0 spiro atoms. The minimum atomic E-state index is -3.57. The summed E-state index contributed by atoms with van der Waals surface area (Å²) < 4.78 is 25.9. The van der Waals surface area contributed by atoms with E-state index < -0.39 is 15.9 Å². The molecule has 0 atom stereocenters. The molecule has 0 aliphatic rings. The number of sulfonamides is 1. The van der Waals surface area contributed by atoms with E-state index in [4.69, 9.17) is 11.6 Å². The molecule has 0 aromatic heterocycles. The zero-order valence-corrected chi connectivity index (χ0v) is 16.0. The molecule has 0 aliphatic heterocycles. The number of halogens is 2. The SMILES string of the molecule is CS(=O)(=O)N(CC(=O)NCc1ccc(Cl)cc1)c1ccc(Br)cc1. The number of hydrogen-bond acceptors (Lipinski definition) is 3. The average Bonchev–Trinajstić information content (AvgIpc) is 2.52. The van der Waals surface area contributed by atoms with Gasteiger partial charge in [0.2, 0.25) is 15.9 Å². The number of anilines is 1. The van der Waals surface area contributed by atoms with Gasteiger partial charge in [0.1, 0.15) is 6.54 Å². The molecule has 2 rings (SSSR count). The van der Waals surface area contributed by atoms with E-state index in [9.17, 15) is 13.2 Å². The predicted molar refractivity (Wildman–Crippen MR) is 99.6 cm³/mol. The molecule has 0 fully saturated rings. The van der Waals surface area contributed by atoms with Gasteiger partial charge in [0.15, 0.2) is 0 Å². The number of nitrogens with zero attached hydrogens (tertiary/aromatic N) is 1. The van der Waals surface area contributed by atoms with Crippen LogP contribution in [0.4, 0.5) is 5.69 Å². The molecule has 8 heteroatoms. The van der Waals surface area contributed by atoms with Crippen molar-refractivity contribution < 1.29 is 13.2 Å². The molecule has 128 valence electrons. The monoisotopic (exact) mass is 430 g/mol. The molecular formula is C16H16BrClN2O3S. The first kappa shape index (κ1) is 18.8. The highest BCUT2D eigenvalue weighted by Gasteiger charge is 2.20. The molecule has 24 heavy (non-hydrogen) atoms. The van der Waals surface area contributed by atoms with E-state index in [0.29, 0.717) is 17.3 Å². The molecule has 0 radical (unpaired) electrons. The Labute approximate surface area is 154 Å². The van der Waals surface area contributed by atoms with Crippen molar-refractivity contribution in [3.63, 3.8) is 0 Å². The highest BCUT2D eigenvalue weighted by Crippen LogP contribution is 2.20. The predicted octanol–water partition coefficient (Wildman–Crippen LogP) is 3.18. The van der Waals surface area contributed by atoms with Gasteiger partial charge in [-0.3, -0.25) is 9.10 Å². The van der Waals surface area contributed by atoms with Crippen molar-refractivity contribution in [2.45, 2.75) is 6.54 Å². The summed E-state index contributed by atoms with van der Waals surface area (Å²) in [4.78, 5) is 12.1. The smallest absolute Gasteiger partial charge is 0.241 e. The summed E-state index contributed by atoms with van der Waals surface area (Å²) in [5, 5.41) is 3.32.